The molecule has 3 aromatic rings. The van der Waals surface area contributed by atoms with E-state index >= 15 is 0 Å². The van der Waals surface area contributed by atoms with Gasteiger partial charge in [-0.1, -0.05) is 17.7 Å². The number of phenolic OH excluding ortho intramolecular Hbond substituents is 1. The number of rotatable bonds is 4. The number of nitrogens with one attached hydrogen (secondary N) is 1. The van der Waals surface area contributed by atoms with Crippen molar-refractivity contribution in [2.75, 3.05) is 18.4 Å². The van der Waals surface area contributed by atoms with Crippen molar-refractivity contribution in [1.29, 1.82) is 0 Å². The average Bonchev–Trinajstić information content (AvgIpc) is 3.10. The van der Waals surface area contributed by atoms with Gasteiger partial charge in [0, 0.05) is 46.2 Å². The van der Waals surface area contributed by atoms with E-state index in [-0.39, 0.29) is 0 Å². The number of halogens is 1. The van der Waals surface area contributed by atoms with E-state index in [1.54, 1.807) is 12.3 Å². The van der Waals surface area contributed by atoms with Crippen molar-refractivity contribution < 1.29 is 5.11 Å². The third-order valence-electron chi connectivity index (χ3n) is 4.66. The number of nitrogens with zero attached hydrogens (tertiary/aromatic N) is 2. The molecule has 1 fully saturated rings. The van der Waals surface area contributed by atoms with Crippen LogP contribution in [0.25, 0.3) is 10.9 Å². The summed E-state index contributed by atoms with van der Waals surface area (Å²) in [5, 5.41) is 15.4. The number of hydrogen-bond acceptors (Lipinski definition) is 4. The molecule has 0 atom stereocenters. The fraction of sp³-hybridized carbons (Fsp3) is 0.250. The van der Waals surface area contributed by atoms with Crippen molar-refractivity contribution in [3.05, 3.63) is 59.2 Å². The molecule has 1 aliphatic rings. The van der Waals surface area contributed by atoms with Crippen molar-refractivity contribution in [3.63, 3.8) is 0 Å². The topological polar surface area (TPSA) is 48.4 Å². The molecule has 4 rings (SSSR count). The third-order valence-corrected chi connectivity index (χ3v) is 4.90. The summed E-state index contributed by atoms with van der Waals surface area (Å²) in [6, 6.07) is 13.4. The van der Waals surface area contributed by atoms with Gasteiger partial charge in [0.15, 0.2) is 0 Å². The molecule has 25 heavy (non-hydrogen) atoms. The van der Waals surface area contributed by atoms with Crippen LogP contribution in [0.2, 0.25) is 5.02 Å². The normalized spacial score (nSPS) is 14.9. The lowest BCUT2D eigenvalue weighted by Crippen LogP contribution is -2.18. The van der Waals surface area contributed by atoms with Crippen LogP contribution in [0.4, 0.5) is 11.4 Å². The second kappa shape index (κ2) is 6.90. The maximum Gasteiger partial charge on any atom is 0.122 e. The highest BCUT2D eigenvalue weighted by Gasteiger charge is 2.14. The van der Waals surface area contributed by atoms with Gasteiger partial charge in [-0.15, -0.1) is 0 Å². The van der Waals surface area contributed by atoms with Crippen LogP contribution in [0.5, 0.6) is 5.75 Å². The molecular weight excluding hydrogens is 334 g/mol. The molecule has 1 saturated heterocycles. The Kier molecular flexibility index (Phi) is 4.47. The van der Waals surface area contributed by atoms with E-state index in [1.807, 2.05) is 36.4 Å². The molecule has 4 nitrogen and oxygen atoms in total. The molecule has 0 spiro atoms. The highest BCUT2D eigenvalue weighted by molar-refractivity contribution is 6.31. The van der Waals surface area contributed by atoms with Gasteiger partial charge < -0.3 is 10.4 Å². The summed E-state index contributed by atoms with van der Waals surface area (Å²) in [5.74, 6) is 0.332. The van der Waals surface area contributed by atoms with E-state index in [4.69, 9.17) is 11.6 Å². The van der Waals surface area contributed by atoms with Crippen molar-refractivity contribution in [2.24, 2.45) is 0 Å². The van der Waals surface area contributed by atoms with Gasteiger partial charge in [-0.25, -0.2) is 0 Å². The molecule has 1 aromatic heterocycles. The highest BCUT2D eigenvalue weighted by atomic mass is 35.5. The quantitative estimate of drug-likeness (QED) is 0.698. The first-order valence-corrected chi connectivity index (χ1v) is 8.92. The summed E-state index contributed by atoms with van der Waals surface area (Å²) < 4.78 is 0. The van der Waals surface area contributed by atoms with Crippen LogP contribution in [-0.2, 0) is 6.54 Å². The number of pyridine rings is 1. The minimum Gasteiger partial charge on any atom is -0.508 e. The molecular formula is C20H20ClN3O. The van der Waals surface area contributed by atoms with Crippen LogP contribution in [0.3, 0.4) is 0 Å². The van der Waals surface area contributed by atoms with E-state index in [2.05, 4.69) is 15.2 Å². The molecule has 0 aliphatic carbocycles. The van der Waals surface area contributed by atoms with E-state index < -0.39 is 0 Å². The zero-order chi connectivity index (χ0) is 17.2. The van der Waals surface area contributed by atoms with Crippen LogP contribution in [0, 0.1) is 0 Å². The summed E-state index contributed by atoms with van der Waals surface area (Å²) in [6.07, 6.45) is 4.25. The maximum absolute atomic E-state index is 10.4. The van der Waals surface area contributed by atoms with Gasteiger partial charge in [-0.2, -0.15) is 0 Å². The Hall–Kier alpha value is -2.30. The van der Waals surface area contributed by atoms with Crippen LogP contribution < -0.4 is 5.32 Å². The number of likely N-dealkylation sites (tertiary alicyclic amines) is 1. The van der Waals surface area contributed by atoms with E-state index in [0.29, 0.717) is 10.8 Å². The third kappa shape index (κ3) is 3.55. The monoisotopic (exact) mass is 353 g/mol. The fourth-order valence-electron chi connectivity index (χ4n) is 3.34. The van der Waals surface area contributed by atoms with E-state index in [0.717, 1.165) is 47.5 Å². The lowest BCUT2D eigenvalue weighted by Gasteiger charge is -2.16. The number of aromatic nitrogens is 1. The van der Waals surface area contributed by atoms with Crippen LogP contribution in [0.15, 0.2) is 48.7 Å². The van der Waals surface area contributed by atoms with Gasteiger partial charge in [-0.3, -0.25) is 9.88 Å². The molecule has 5 heteroatoms. The van der Waals surface area contributed by atoms with E-state index in [9.17, 15) is 5.11 Å². The van der Waals surface area contributed by atoms with Crippen LogP contribution >= 0.6 is 11.6 Å². The number of hydrogen-bond donors (Lipinski definition) is 2. The second-order valence-electron chi connectivity index (χ2n) is 6.47. The van der Waals surface area contributed by atoms with Crippen molar-refractivity contribution in [3.8, 4) is 5.75 Å². The molecule has 0 radical (unpaired) electrons. The molecule has 2 aromatic carbocycles. The Morgan fingerprint density at radius 3 is 2.72 bits per heavy atom. The molecule has 2 heterocycles. The van der Waals surface area contributed by atoms with Gasteiger partial charge in [0.1, 0.15) is 5.75 Å². The smallest absolute Gasteiger partial charge is 0.122 e. The van der Waals surface area contributed by atoms with Gasteiger partial charge in [-0.05, 0) is 56.3 Å². The SMILES string of the molecule is Oc1cc(Nc2ccnc3cc(Cl)ccc23)ccc1CN1CCCC1. The van der Waals surface area contributed by atoms with Gasteiger partial charge in [0.05, 0.1) is 5.52 Å². The zero-order valence-electron chi connectivity index (χ0n) is 13.9. The van der Waals surface area contributed by atoms with Gasteiger partial charge >= 0.3 is 0 Å². The number of aromatic hydroxyl groups is 1. The number of benzene rings is 2. The van der Waals surface area contributed by atoms with Gasteiger partial charge in [0.25, 0.3) is 0 Å². The Morgan fingerprint density at radius 2 is 1.92 bits per heavy atom. The highest BCUT2D eigenvalue weighted by Crippen LogP contribution is 2.30. The van der Waals surface area contributed by atoms with Crippen LogP contribution in [0.1, 0.15) is 18.4 Å². The summed E-state index contributed by atoms with van der Waals surface area (Å²) >= 11 is 6.04. The zero-order valence-corrected chi connectivity index (χ0v) is 14.6. The molecule has 0 amide bonds. The van der Waals surface area contributed by atoms with E-state index in [1.165, 1.54) is 12.8 Å². The lowest BCUT2D eigenvalue weighted by atomic mass is 10.1. The minimum absolute atomic E-state index is 0.332. The van der Waals surface area contributed by atoms with Crippen molar-refractivity contribution in [1.82, 2.24) is 9.88 Å². The Labute approximate surface area is 152 Å². The van der Waals surface area contributed by atoms with Gasteiger partial charge in [0.2, 0.25) is 0 Å². The molecule has 2 N–H and O–H groups in total. The molecule has 0 saturated carbocycles. The summed E-state index contributed by atoms with van der Waals surface area (Å²) in [4.78, 5) is 6.73. The predicted molar refractivity (Wildman–Crippen MR) is 103 cm³/mol. The van der Waals surface area contributed by atoms with Crippen molar-refractivity contribution >= 4 is 33.9 Å². The first kappa shape index (κ1) is 16.2. The largest absolute Gasteiger partial charge is 0.508 e. The second-order valence-corrected chi connectivity index (χ2v) is 6.91. The maximum atomic E-state index is 10.4. The summed E-state index contributed by atoms with van der Waals surface area (Å²) in [5.41, 5.74) is 3.60. The fourth-order valence-corrected chi connectivity index (χ4v) is 3.51. The Balaban J connectivity index is 1.57. The molecule has 0 bridgehead atoms. The first-order valence-electron chi connectivity index (χ1n) is 8.54. The minimum atomic E-state index is 0.332. The molecule has 128 valence electrons. The summed E-state index contributed by atoms with van der Waals surface area (Å²) in [7, 11) is 0. The standard InChI is InChI=1S/C20H20ClN3O/c21-15-4-6-17-18(7-8-22-19(17)11-15)23-16-5-3-14(20(25)12-16)13-24-9-1-2-10-24/h3-8,11-12,25H,1-2,9-10,13H2,(H,22,23). The molecule has 1 aliphatic heterocycles. The number of anilines is 2. The number of fused-ring (bicyclic) bond motifs is 1. The Morgan fingerprint density at radius 1 is 1.08 bits per heavy atom. The van der Waals surface area contributed by atoms with Crippen LogP contribution in [-0.4, -0.2) is 28.1 Å². The molecule has 0 unspecified atom stereocenters. The lowest BCUT2D eigenvalue weighted by molar-refractivity contribution is 0.324. The predicted octanol–water partition coefficient (Wildman–Crippen LogP) is 4.93. The first-order chi connectivity index (χ1) is 12.2. The summed E-state index contributed by atoms with van der Waals surface area (Å²) in [6.45, 7) is 3.04. The Bertz CT molecular complexity index is 907. The van der Waals surface area contributed by atoms with Crippen molar-refractivity contribution in [2.45, 2.75) is 19.4 Å². The average molecular weight is 354 g/mol. The number of phenols is 1.